The molecule has 1 heteroatoms. The molecular weight excluding hydrogens is 218 g/mol. The van der Waals surface area contributed by atoms with Gasteiger partial charge >= 0.3 is 0 Å². The molecule has 0 atom stereocenters. The van der Waals surface area contributed by atoms with Crippen LogP contribution in [0.3, 0.4) is 0 Å². The van der Waals surface area contributed by atoms with Crippen LogP contribution < -0.4 is 4.90 Å². The highest BCUT2D eigenvalue weighted by Gasteiger charge is 2.28. The zero-order chi connectivity index (χ0) is 14.3. The summed E-state index contributed by atoms with van der Waals surface area (Å²) in [6.45, 7) is 15.9. The minimum Gasteiger partial charge on any atom is -0.377 e. The summed E-state index contributed by atoms with van der Waals surface area (Å²) in [5, 5.41) is 0. The monoisotopic (exact) mass is 246 g/mol. The quantitative estimate of drug-likeness (QED) is 0.707. The molecule has 0 saturated heterocycles. The second-order valence-electron chi connectivity index (χ2n) is 7.45. The van der Waals surface area contributed by atoms with E-state index in [1.165, 1.54) is 22.4 Å². The van der Waals surface area contributed by atoms with Crippen molar-refractivity contribution < 1.29 is 0 Å². The van der Waals surface area contributed by atoms with E-state index in [4.69, 9.17) is 0 Å². The summed E-state index contributed by atoms with van der Waals surface area (Å²) < 4.78 is 0. The van der Waals surface area contributed by atoms with Gasteiger partial charge in [-0.25, -0.2) is 0 Å². The lowest BCUT2D eigenvalue weighted by Crippen LogP contribution is -2.25. The Labute approximate surface area is 113 Å². The average Bonchev–Trinajstić information content (AvgIpc) is 2.12. The van der Waals surface area contributed by atoms with Crippen molar-refractivity contribution in [3.05, 3.63) is 28.8 Å². The number of nitrogens with zero attached hydrogens (tertiary/aromatic N) is 1. The first-order chi connectivity index (χ1) is 7.96. The fourth-order valence-corrected chi connectivity index (χ4v) is 2.66. The predicted molar refractivity (Wildman–Crippen MR) is 81.7 cm³/mol. The van der Waals surface area contributed by atoms with Gasteiger partial charge in [0.1, 0.15) is 0 Å². The number of rotatable bonds is 1. The second kappa shape index (κ2) is 4.60. The third-order valence-corrected chi connectivity index (χ3v) is 3.36. The van der Waals surface area contributed by atoms with Crippen molar-refractivity contribution in [2.75, 3.05) is 19.0 Å². The first kappa shape index (κ1) is 15.1. The van der Waals surface area contributed by atoms with E-state index in [9.17, 15) is 0 Å². The Balaban J connectivity index is 3.63. The Morgan fingerprint density at radius 2 is 1.44 bits per heavy atom. The van der Waals surface area contributed by atoms with Crippen molar-refractivity contribution in [2.45, 2.75) is 59.3 Å². The van der Waals surface area contributed by atoms with Gasteiger partial charge in [0.15, 0.2) is 0 Å². The van der Waals surface area contributed by atoms with Crippen LogP contribution in [0.2, 0.25) is 0 Å². The number of benzene rings is 1. The maximum absolute atomic E-state index is 3.45. The lowest BCUT2D eigenvalue weighted by Gasteiger charge is -2.33. The lowest BCUT2D eigenvalue weighted by molar-refractivity contribution is 0.527. The van der Waals surface area contributed by atoms with E-state index in [0.717, 1.165) is 0 Å². The van der Waals surface area contributed by atoms with Gasteiger partial charge in [-0.05, 0) is 40.5 Å². The Kier molecular flexibility index (Phi) is 3.86. The van der Waals surface area contributed by atoms with Gasteiger partial charge in [-0.15, -0.1) is 0 Å². The van der Waals surface area contributed by atoms with Gasteiger partial charge in [0.25, 0.3) is 0 Å². The molecule has 0 aliphatic heterocycles. The molecule has 18 heavy (non-hydrogen) atoms. The van der Waals surface area contributed by atoms with Crippen molar-refractivity contribution in [3.63, 3.8) is 0 Å². The molecule has 1 aromatic rings. The maximum atomic E-state index is 3.45. The van der Waals surface area contributed by atoms with Gasteiger partial charge in [-0.2, -0.15) is 0 Å². The van der Waals surface area contributed by atoms with Crippen LogP contribution in [0.4, 0.5) is 5.69 Å². The summed E-state index contributed by atoms with van der Waals surface area (Å²) in [6.07, 6.45) is 0. The minimum atomic E-state index is 0.159. The molecule has 0 heterocycles. The zero-order valence-electron chi connectivity index (χ0n) is 13.5. The number of anilines is 1. The van der Waals surface area contributed by atoms with Crippen molar-refractivity contribution in [2.24, 2.45) is 0 Å². The van der Waals surface area contributed by atoms with Crippen LogP contribution in [0, 0.1) is 13.0 Å². The Bertz CT molecular complexity index is 428. The highest BCUT2D eigenvalue weighted by Crippen LogP contribution is 2.38. The lowest BCUT2D eigenvalue weighted by atomic mass is 9.73. The molecule has 0 saturated carbocycles. The molecule has 0 spiro atoms. The smallest absolute Gasteiger partial charge is 0.0474 e. The molecule has 1 radical (unpaired) electrons. The highest BCUT2D eigenvalue weighted by atomic mass is 15.1. The van der Waals surface area contributed by atoms with Crippen molar-refractivity contribution in [1.29, 1.82) is 0 Å². The van der Waals surface area contributed by atoms with Crippen LogP contribution >= 0.6 is 0 Å². The van der Waals surface area contributed by atoms with Gasteiger partial charge in [0, 0.05) is 25.8 Å². The van der Waals surface area contributed by atoms with Gasteiger partial charge in [0.05, 0.1) is 0 Å². The van der Waals surface area contributed by atoms with Crippen LogP contribution in [0.5, 0.6) is 0 Å². The van der Waals surface area contributed by atoms with Gasteiger partial charge in [0.2, 0.25) is 0 Å². The normalized spacial score (nSPS) is 12.7. The molecule has 0 unspecified atom stereocenters. The maximum Gasteiger partial charge on any atom is 0.0474 e. The summed E-state index contributed by atoms with van der Waals surface area (Å²) in [5.41, 5.74) is 5.77. The van der Waals surface area contributed by atoms with Crippen LogP contribution in [0.1, 0.15) is 58.2 Å². The SMILES string of the molecule is Cc1c(N(C)C)[c]cc(C(C)(C)C)c1C(C)(C)C. The van der Waals surface area contributed by atoms with E-state index in [1.54, 1.807) is 0 Å². The van der Waals surface area contributed by atoms with E-state index in [1.807, 2.05) is 0 Å². The van der Waals surface area contributed by atoms with Gasteiger partial charge < -0.3 is 4.90 Å². The third kappa shape index (κ3) is 2.88. The summed E-state index contributed by atoms with van der Waals surface area (Å²) in [6, 6.07) is 5.63. The Hall–Kier alpha value is -0.980. The molecule has 101 valence electrons. The van der Waals surface area contributed by atoms with Crippen molar-refractivity contribution in [3.8, 4) is 0 Å². The predicted octanol–water partition coefficient (Wildman–Crippen LogP) is 4.46. The molecule has 1 nitrogen and oxygen atoms in total. The van der Waals surface area contributed by atoms with Crippen LogP contribution in [0.15, 0.2) is 6.07 Å². The highest BCUT2D eigenvalue weighted by molar-refractivity contribution is 5.59. The van der Waals surface area contributed by atoms with Gasteiger partial charge in [-0.3, -0.25) is 0 Å². The topological polar surface area (TPSA) is 3.24 Å². The molecule has 0 fully saturated rings. The van der Waals surface area contributed by atoms with Crippen molar-refractivity contribution >= 4 is 5.69 Å². The van der Waals surface area contributed by atoms with Gasteiger partial charge in [-0.1, -0.05) is 41.5 Å². The van der Waals surface area contributed by atoms with E-state index >= 15 is 0 Å². The van der Waals surface area contributed by atoms with Crippen LogP contribution in [0.25, 0.3) is 0 Å². The first-order valence-electron chi connectivity index (χ1n) is 6.70. The number of hydrogen-bond donors (Lipinski definition) is 0. The van der Waals surface area contributed by atoms with E-state index in [0.29, 0.717) is 0 Å². The van der Waals surface area contributed by atoms with Crippen molar-refractivity contribution in [1.82, 2.24) is 0 Å². The van der Waals surface area contributed by atoms with E-state index in [2.05, 4.69) is 79.6 Å². The fraction of sp³-hybridized carbons (Fsp3) is 0.647. The molecule has 0 amide bonds. The summed E-state index contributed by atoms with van der Waals surface area (Å²) in [4.78, 5) is 2.15. The standard InChI is InChI=1S/C17H28N/c1-12-14(18(8)9)11-10-13(16(2,3)4)15(12)17(5,6)7/h10H,1-9H3. The van der Waals surface area contributed by atoms with E-state index < -0.39 is 0 Å². The second-order valence-corrected chi connectivity index (χ2v) is 7.45. The summed E-state index contributed by atoms with van der Waals surface area (Å²) in [7, 11) is 4.17. The fourth-order valence-electron chi connectivity index (χ4n) is 2.66. The van der Waals surface area contributed by atoms with Crippen LogP contribution in [-0.4, -0.2) is 14.1 Å². The summed E-state index contributed by atoms with van der Waals surface area (Å²) >= 11 is 0. The Morgan fingerprint density at radius 1 is 0.944 bits per heavy atom. The molecule has 0 N–H and O–H groups in total. The average molecular weight is 246 g/mol. The van der Waals surface area contributed by atoms with E-state index in [-0.39, 0.29) is 10.8 Å². The molecule has 0 aromatic heterocycles. The molecule has 1 aromatic carbocycles. The first-order valence-corrected chi connectivity index (χ1v) is 6.70. The Morgan fingerprint density at radius 3 is 1.78 bits per heavy atom. The molecular formula is C17H28N. The molecule has 0 bridgehead atoms. The molecule has 0 aliphatic rings. The number of hydrogen-bond acceptors (Lipinski definition) is 1. The molecule has 1 rings (SSSR count). The van der Waals surface area contributed by atoms with Crippen LogP contribution in [-0.2, 0) is 10.8 Å². The minimum absolute atomic E-state index is 0.159. The summed E-state index contributed by atoms with van der Waals surface area (Å²) in [5.74, 6) is 0. The molecule has 0 aliphatic carbocycles. The zero-order valence-corrected chi connectivity index (χ0v) is 13.5. The third-order valence-electron chi connectivity index (χ3n) is 3.36. The largest absolute Gasteiger partial charge is 0.377 e.